The molecule has 5 aliphatic rings. The van der Waals surface area contributed by atoms with E-state index in [9.17, 15) is 0 Å². The summed E-state index contributed by atoms with van der Waals surface area (Å²) in [6.45, 7) is 0. The lowest BCUT2D eigenvalue weighted by Gasteiger charge is -2.28. The Hall–Kier alpha value is -2.30. The molecule has 1 spiro atoms. The van der Waals surface area contributed by atoms with E-state index in [-0.39, 0.29) is 0 Å². The van der Waals surface area contributed by atoms with Crippen molar-refractivity contribution in [3.8, 4) is 0 Å². The number of fused-ring (bicyclic) bond motifs is 2. The zero-order chi connectivity index (χ0) is 14.3. The van der Waals surface area contributed by atoms with Crippen LogP contribution in [0.5, 0.6) is 0 Å². The van der Waals surface area contributed by atoms with Crippen LogP contribution >= 0.6 is 0 Å². The molecule has 1 aromatic carbocycles. The summed E-state index contributed by atoms with van der Waals surface area (Å²) < 4.78 is 0. The minimum Gasteiger partial charge on any atom is -0.120 e. The smallest absolute Gasteiger partial charge is 0.0216 e. The van der Waals surface area contributed by atoms with Crippen molar-refractivity contribution in [3.63, 3.8) is 0 Å². The van der Waals surface area contributed by atoms with Crippen molar-refractivity contribution in [2.24, 2.45) is 5.92 Å². The molecular formula is C22H16. The van der Waals surface area contributed by atoms with Crippen LogP contribution in [0.15, 0.2) is 42.2 Å². The van der Waals surface area contributed by atoms with Crippen molar-refractivity contribution >= 4 is 23.8 Å². The van der Waals surface area contributed by atoms with Crippen molar-refractivity contribution in [2.75, 3.05) is 0 Å². The van der Waals surface area contributed by atoms with Gasteiger partial charge in [-0.15, -0.1) is 5.73 Å². The molecule has 2 atom stereocenters. The normalized spacial score (nSPS) is 30.4. The quantitative estimate of drug-likeness (QED) is 0.640. The summed E-state index contributed by atoms with van der Waals surface area (Å²) in [7, 11) is 0. The molecule has 0 heterocycles. The van der Waals surface area contributed by atoms with Gasteiger partial charge in [-0.25, -0.2) is 0 Å². The Morgan fingerprint density at radius 3 is 3.18 bits per heavy atom. The SMILES string of the molecule is C1=CC=c2c3c4c(c5c2C(=CCC5)C=1)=CC=CC41CC1C=C3. The van der Waals surface area contributed by atoms with Crippen molar-refractivity contribution in [1.29, 1.82) is 0 Å². The highest BCUT2D eigenvalue weighted by molar-refractivity contribution is 5.85. The third kappa shape index (κ3) is 1.14. The van der Waals surface area contributed by atoms with Crippen LogP contribution in [0.3, 0.4) is 0 Å². The molecule has 22 heavy (non-hydrogen) atoms. The highest BCUT2D eigenvalue weighted by Gasteiger charge is 2.55. The van der Waals surface area contributed by atoms with Gasteiger partial charge in [-0.2, -0.15) is 0 Å². The number of rotatable bonds is 0. The average Bonchev–Trinajstić information content (AvgIpc) is 3.29. The second-order valence-corrected chi connectivity index (χ2v) is 7.05. The third-order valence-electron chi connectivity index (χ3n) is 6.03. The van der Waals surface area contributed by atoms with Crippen LogP contribution in [-0.2, 0) is 11.8 Å². The summed E-state index contributed by atoms with van der Waals surface area (Å²) >= 11 is 0. The van der Waals surface area contributed by atoms with Gasteiger partial charge in [0.2, 0.25) is 0 Å². The van der Waals surface area contributed by atoms with Gasteiger partial charge in [0.25, 0.3) is 0 Å². The third-order valence-corrected chi connectivity index (χ3v) is 6.03. The topological polar surface area (TPSA) is 0 Å². The standard InChI is InChI=1S/C22H16/c1-2-7-16-19-11-10-15-13-22(15)12-4-9-18(21(19)22)17-8-3-6-14(5-1)20(16)17/h2,4-7,9-12,15H,3,8,13H2. The zero-order valence-corrected chi connectivity index (χ0v) is 12.4. The summed E-state index contributed by atoms with van der Waals surface area (Å²) in [6, 6.07) is 0. The maximum absolute atomic E-state index is 3.32. The first-order valence-electron chi connectivity index (χ1n) is 8.29. The van der Waals surface area contributed by atoms with E-state index in [2.05, 4.69) is 60.4 Å². The largest absolute Gasteiger partial charge is 0.120 e. The van der Waals surface area contributed by atoms with Crippen LogP contribution in [0.4, 0.5) is 0 Å². The van der Waals surface area contributed by atoms with Crippen LogP contribution in [0, 0.1) is 5.92 Å². The van der Waals surface area contributed by atoms with Crippen molar-refractivity contribution < 1.29 is 0 Å². The van der Waals surface area contributed by atoms with Crippen LogP contribution in [-0.4, -0.2) is 0 Å². The molecule has 0 aromatic heterocycles. The first-order chi connectivity index (χ1) is 10.9. The molecule has 2 unspecified atom stereocenters. The summed E-state index contributed by atoms with van der Waals surface area (Å²) in [5.74, 6) is 0.729. The van der Waals surface area contributed by atoms with E-state index in [0.717, 1.165) is 12.3 Å². The predicted molar refractivity (Wildman–Crippen MR) is 91.5 cm³/mol. The van der Waals surface area contributed by atoms with E-state index in [1.165, 1.54) is 40.0 Å². The number of hydrogen-bond donors (Lipinski definition) is 0. The second kappa shape index (κ2) is 3.54. The fraction of sp³-hybridized carbons (Fsp3) is 0.227. The van der Waals surface area contributed by atoms with Crippen molar-refractivity contribution in [3.05, 3.63) is 74.9 Å². The molecule has 0 aliphatic heterocycles. The summed E-state index contributed by atoms with van der Waals surface area (Å²) in [6.07, 6.45) is 24.5. The van der Waals surface area contributed by atoms with Gasteiger partial charge in [0.1, 0.15) is 0 Å². The van der Waals surface area contributed by atoms with Gasteiger partial charge < -0.3 is 0 Å². The molecule has 0 nitrogen and oxygen atoms in total. The summed E-state index contributed by atoms with van der Waals surface area (Å²) in [5, 5.41) is 2.95. The highest BCUT2D eigenvalue weighted by atomic mass is 14.6. The molecule has 1 fully saturated rings. The maximum Gasteiger partial charge on any atom is 0.0216 e. The lowest BCUT2D eigenvalue weighted by Crippen LogP contribution is -2.36. The molecule has 104 valence electrons. The zero-order valence-electron chi connectivity index (χ0n) is 12.4. The first-order valence-corrected chi connectivity index (χ1v) is 8.29. The van der Waals surface area contributed by atoms with E-state index in [1.54, 1.807) is 11.1 Å². The number of benzene rings is 1. The van der Waals surface area contributed by atoms with Crippen molar-refractivity contribution in [1.82, 2.24) is 0 Å². The Labute approximate surface area is 129 Å². The molecule has 0 bridgehead atoms. The van der Waals surface area contributed by atoms with Crippen LogP contribution in [0.25, 0.3) is 23.8 Å². The lowest BCUT2D eigenvalue weighted by atomic mass is 9.75. The van der Waals surface area contributed by atoms with Crippen molar-refractivity contribution in [2.45, 2.75) is 24.7 Å². The molecule has 1 aromatic rings. The Bertz CT molecular complexity index is 1030. The minimum atomic E-state index is 0.318. The van der Waals surface area contributed by atoms with Gasteiger partial charge in [0.15, 0.2) is 0 Å². The second-order valence-electron chi connectivity index (χ2n) is 7.05. The monoisotopic (exact) mass is 280 g/mol. The Balaban J connectivity index is 1.90. The van der Waals surface area contributed by atoms with Gasteiger partial charge in [-0.05, 0) is 81.7 Å². The Morgan fingerprint density at radius 2 is 2.18 bits per heavy atom. The van der Waals surface area contributed by atoms with Gasteiger partial charge in [0, 0.05) is 5.41 Å². The number of allylic oxidation sites excluding steroid dienone is 6. The molecule has 0 radical (unpaired) electrons. The number of hydrogen-bond acceptors (Lipinski definition) is 0. The van der Waals surface area contributed by atoms with Crippen LogP contribution < -0.4 is 10.4 Å². The van der Waals surface area contributed by atoms with Gasteiger partial charge in [-0.3, -0.25) is 0 Å². The molecule has 0 N–H and O–H groups in total. The maximum atomic E-state index is 3.32. The molecule has 6 rings (SSSR count). The van der Waals surface area contributed by atoms with E-state index < -0.39 is 0 Å². The molecular weight excluding hydrogens is 264 g/mol. The first kappa shape index (κ1) is 11.3. The molecule has 5 aliphatic carbocycles. The Kier molecular flexibility index (Phi) is 1.82. The summed E-state index contributed by atoms with van der Waals surface area (Å²) in [4.78, 5) is 0. The van der Waals surface area contributed by atoms with E-state index in [0.29, 0.717) is 5.41 Å². The van der Waals surface area contributed by atoms with Gasteiger partial charge in [-0.1, -0.05) is 36.5 Å². The highest BCUT2D eigenvalue weighted by Crippen LogP contribution is 2.59. The van der Waals surface area contributed by atoms with E-state index >= 15 is 0 Å². The fourth-order valence-electron chi connectivity index (χ4n) is 4.99. The predicted octanol–water partition coefficient (Wildman–Crippen LogP) is 3.16. The van der Waals surface area contributed by atoms with Gasteiger partial charge >= 0.3 is 0 Å². The fourth-order valence-corrected chi connectivity index (χ4v) is 4.99. The van der Waals surface area contributed by atoms with Crippen LogP contribution in [0.2, 0.25) is 0 Å². The molecule has 0 amide bonds. The van der Waals surface area contributed by atoms with Gasteiger partial charge in [0.05, 0.1) is 0 Å². The van der Waals surface area contributed by atoms with E-state index in [4.69, 9.17) is 0 Å². The molecule has 0 saturated heterocycles. The molecule has 1 saturated carbocycles. The Morgan fingerprint density at radius 1 is 1.18 bits per heavy atom. The van der Waals surface area contributed by atoms with E-state index in [1.807, 2.05) is 0 Å². The average molecular weight is 280 g/mol. The van der Waals surface area contributed by atoms with Crippen LogP contribution in [0.1, 0.15) is 35.1 Å². The minimum absolute atomic E-state index is 0.318. The molecule has 0 heteroatoms. The summed E-state index contributed by atoms with van der Waals surface area (Å²) in [5.41, 5.74) is 11.1. The lowest BCUT2D eigenvalue weighted by molar-refractivity contribution is 0.792.